The molecule has 2 rings (SSSR count). The van der Waals surface area contributed by atoms with E-state index in [0.29, 0.717) is 37.6 Å². The minimum absolute atomic E-state index is 0.335. The molecule has 0 N–H and O–H groups in total. The van der Waals surface area contributed by atoms with Crippen molar-refractivity contribution in [2.45, 2.75) is 0 Å². The Morgan fingerprint density at radius 1 is 1.32 bits per heavy atom. The van der Waals surface area contributed by atoms with Crippen LogP contribution in [0.25, 0.3) is 0 Å². The van der Waals surface area contributed by atoms with Gasteiger partial charge in [0.2, 0.25) is 0 Å². The molecule has 0 spiro atoms. The lowest BCUT2D eigenvalue weighted by atomic mass is 10.2. The van der Waals surface area contributed by atoms with Crippen molar-refractivity contribution in [3.8, 4) is 6.07 Å². The summed E-state index contributed by atoms with van der Waals surface area (Å²) in [5.74, 6) is 0. The molecular weight excluding hydrogens is 266 g/mol. The fourth-order valence-electron chi connectivity index (χ4n) is 1.92. The van der Waals surface area contributed by atoms with E-state index in [1.807, 2.05) is 6.07 Å². The Morgan fingerprint density at radius 3 is 2.58 bits per heavy atom. The van der Waals surface area contributed by atoms with Gasteiger partial charge < -0.3 is 4.74 Å². The maximum Gasteiger partial charge on any atom is 0.304 e. The second kappa shape index (κ2) is 5.57. The molecule has 7 heteroatoms. The standard InChI is InChI=1S/C12H15N3O3S/c1-14(12-5-3-2-4-11(12)10-13)19(16,17)15-6-8-18-9-7-15/h2-5H,6-9H2,1H3. The number of ether oxygens (including phenoxy) is 1. The third kappa shape index (κ3) is 2.71. The van der Waals surface area contributed by atoms with Gasteiger partial charge in [0, 0.05) is 20.1 Å². The third-order valence-corrected chi connectivity index (χ3v) is 4.91. The SMILES string of the molecule is CN(c1ccccc1C#N)S(=O)(=O)N1CCOCC1. The molecule has 1 heterocycles. The number of nitriles is 1. The van der Waals surface area contributed by atoms with Crippen LogP contribution in [0.1, 0.15) is 5.56 Å². The van der Waals surface area contributed by atoms with Gasteiger partial charge in [-0.2, -0.15) is 18.0 Å². The number of hydrogen-bond acceptors (Lipinski definition) is 4. The molecule has 0 bridgehead atoms. The Labute approximate surface area is 113 Å². The van der Waals surface area contributed by atoms with Crippen LogP contribution < -0.4 is 4.31 Å². The highest BCUT2D eigenvalue weighted by atomic mass is 32.2. The summed E-state index contributed by atoms with van der Waals surface area (Å²) in [5.41, 5.74) is 0.721. The van der Waals surface area contributed by atoms with Crippen molar-refractivity contribution < 1.29 is 13.2 Å². The van der Waals surface area contributed by atoms with Crippen LogP contribution in [-0.2, 0) is 14.9 Å². The number of rotatable bonds is 3. The highest BCUT2D eigenvalue weighted by Crippen LogP contribution is 2.23. The van der Waals surface area contributed by atoms with Crippen molar-refractivity contribution in [2.75, 3.05) is 37.7 Å². The maximum absolute atomic E-state index is 12.4. The average Bonchev–Trinajstić information content (AvgIpc) is 2.47. The quantitative estimate of drug-likeness (QED) is 0.812. The third-order valence-electron chi connectivity index (χ3n) is 3.01. The van der Waals surface area contributed by atoms with E-state index in [0.717, 1.165) is 4.31 Å². The largest absolute Gasteiger partial charge is 0.379 e. The predicted molar refractivity (Wildman–Crippen MR) is 70.9 cm³/mol. The molecular formula is C12H15N3O3S. The van der Waals surface area contributed by atoms with Gasteiger partial charge >= 0.3 is 10.2 Å². The van der Waals surface area contributed by atoms with Gasteiger partial charge in [0.15, 0.2) is 0 Å². The summed E-state index contributed by atoms with van der Waals surface area (Å²) in [5, 5.41) is 9.04. The topological polar surface area (TPSA) is 73.6 Å². The minimum Gasteiger partial charge on any atom is -0.379 e. The fourth-order valence-corrected chi connectivity index (χ4v) is 3.28. The molecule has 0 saturated carbocycles. The Kier molecular flexibility index (Phi) is 4.04. The van der Waals surface area contributed by atoms with E-state index in [1.165, 1.54) is 11.4 Å². The first-order valence-electron chi connectivity index (χ1n) is 5.88. The monoisotopic (exact) mass is 281 g/mol. The zero-order valence-electron chi connectivity index (χ0n) is 10.6. The Bertz CT molecular complexity index is 588. The van der Waals surface area contributed by atoms with E-state index in [9.17, 15) is 8.42 Å². The number of morpholine rings is 1. The van der Waals surface area contributed by atoms with Gasteiger partial charge in [-0.25, -0.2) is 0 Å². The van der Waals surface area contributed by atoms with Crippen molar-refractivity contribution in [1.82, 2.24) is 4.31 Å². The molecule has 1 aliphatic rings. The van der Waals surface area contributed by atoms with Gasteiger partial charge in [0.1, 0.15) is 6.07 Å². The molecule has 0 amide bonds. The van der Waals surface area contributed by atoms with Gasteiger partial charge in [-0.1, -0.05) is 12.1 Å². The maximum atomic E-state index is 12.4. The van der Waals surface area contributed by atoms with Crippen molar-refractivity contribution in [1.29, 1.82) is 5.26 Å². The Hall–Kier alpha value is -1.62. The second-order valence-corrected chi connectivity index (χ2v) is 6.08. The van der Waals surface area contributed by atoms with Crippen LogP contribution in [0, 0.1) is 11.3 Å². The van der Waals surface area contributed by atoms with Gasteiger partial charge in [-0.3, -0.25) is 4.31 Å². The molecule has 1 aromatic carbocycles. The molecule has 0 radical (unpaired) electrons. The zero-order chi connectivity index (χ0) is 13.9. The summed E-state index contributed by atoms with van der Waals surface area (Å²) in [6.45, 7) is 1.46. The molecule has 1 aromatic rings. The minimum atomic E-state index is -3.61. The molecule has 1 fully saturated rings. The van der Waals surface area contributed by atoms with Crippen LogP contribution in [0.3, 0.4) is 0 Å². The van der Waals surface area contributed by atoms with E-state index in [-0.39, 0.29) is 0 Å². The van der Waals surface area contributed by atoms with Gasteiger partial charge in [-0.05, 0) is 12.1 Å². The van der Waals surface area contributed by atoms with E-state index >= 15 is 0 Å². The summed E-state index contributed by atoms with van der Waals surface area (Å²) < 4.78 is 32.5. The predicted octanol–water partition coefficient (Wildman–Crippen LogP) is 0.571. The molecule has 1 saturated heterocycles. The fraction of sp³-hybridized carbons (Fsp3) is 0.417. The van der Waals surface area contributed by atoms with Crippen LogP contribution in [-0.4, -0.2) is 46.1 Å². The number of benzene rings is 1. The van der Waals surface area contributed by atoms with Crippen molar-refractivity contribution in [3.63, 3.8) is 0 Å². The number of anilines is 1. The molecule has 0 unspecified atom stereocenters. The highest BCUT2D eigenvalue weighted by molar-refractivity contribution is 7.90. The molecule has 102 valence electrons. The van der Waals surface area contributed by atoms with Crippen molar-refractivity contribution in [2.24, 2.45) is 0 Å². The van der Waals surface area contributed by atoms with Crippen molar-refractivity contribution in [3.05, 3.63) is 29.8 Å². The first-order chi connectivity index (χ1) is 9.07. The van der Waals surface area contributed by atoms with E-state index in [2.05, 4.69) is 0 Å². The molecule has 19 heavy (non-hydrogen) atoms. The summed E-state index contributed by atoms with van der Waals surface area (Å²) in [7, 11) is -2.15. The molecule has 1 aliphatic heterocycles. The molecule has 6 nitrogen and oxygen atoms in total. The second-order valence-electron chi connectivity index (χ2n) is 4.12. The lowest BCUT2D eigenvalue weighted by Crippen LogP contribution is -2.47. The van der Waals surface area contributed by atoms with Crippen LogP contribution >= 0.6 is 0 Å². The lowest BCUT2D eigenvalue weighted by molar-refractivity contribution is 0.0730. The van der Waals surface area contributed by atoms with Gasteiger partial charge in [-0.15, -0.1) is 0 Å². The summed E-state index contributed by atoms with van der Waals surface area (Å²) >= 11 is 0. The first-order valence-corrected chi connectivity index (χ1v) is 7.28. The normalized spacial score (nSPS) is 16.8. The van der Waals surface area contributed by atoms with Crippen molar-refractivity contribution >= 4 is 15.9 Å². The summed E-state index contributed by atoms with van der Waals surface area (Å²) in [6, 6.07) is 8.64. The van der Waals surface area contributed by atoms with Gasteiger partial charge in [0.05, 0.1) is 24.5 Å². The Balaban J connectivity index is 2.32. The van der Waals surface area contributed by atoms with E-state index in [4.69, 9.17) is 10.00 Å². The smallest absolute Gasteiger partial charge is 0.304 e. The van der Waals surface area contributed by atoms with Crippen LogP contribution in [0.5, 0.6) is 0 Å². The molecule has 0 aromatic heterocycles. The van der Waals surface area contributed by atoms with E-state index in [1.54, 1.807) is 24.3 Å². The van der Waals surface area contributed by atoms with E-state index < -0.39 is 10.2 Å². The average molecular weight is 281 g/mol. The van der Waals surface area contributed by atoms with Crippen LogP contribution in [0.15, 0.2) is 24.3 Å². The zero-order valence-corrected chi connectivity index (χ0v) is 11.4. The number of hydrogen-bond donors (Lipinski definition) is 0. The number of para-hydroxylation sites is 1. The summed E-state index contributed by atoms with van der Waals surface area (Å²) in [6.07, 6.45) is 0. The molecule has 0 aliphatic carbocycles. The highest BCUT2D eigenvalue weighted by Gasteiger charge is 2.29. The molecule has 0 atom stereocenters. The Morgan fingerprint density at radius 2 is 1.95 bits per heavy atom. The summed E-state index contributed by atoms with van der Waals surface area (Å²) in [4.78, 5) is 0. The van der Waals surface area contributed by atoms with Gasteiger partial charge in [0.25, 0.3) is 0 Å². The first kappa shape index (κ1) is 13.8. The lowest BCUT2D eigenvalue weighted by Gasteiger charge is -2.31. The van der Waals surface area contributed by atoms with Crippen LogP contribution in [0.4, 0.5) is 5.69 Å². The number of nitrogens with zero attached hydrogens (tertiary/aromatic N) is 3. The van der Waals surface area contributed by atoms with Crippen LogP contribution in [0.2, 0.25) is 0 Å².